The van der Waals surface area contributed by atoms with Crippen molar-refractivity contribution in [2.45, 2.75) is 18.9 Å². The smallest absolute Gasteiger partial charge is 0.321 e. The number of benzene rings is 2. The van der Waals surface area contributed by atoms with Gasteiger partial charge in [0.1, 0.15) is 17.5 Å². The summed E-state index contributed by atoms with van der Waals surface area (Å²) in [6, 6.07) is 13.1. The maximum absolute atomic E-state index is 11.3. The first-order valence-electron chi connectivity index (χ1n) is 7.07. The van der Waals surface area contributed by atoms with E-state index in [1.807, 2.05) is 30.3 Å². The molecule has 2 aromatic carbocycles. The number of nitrogens with one attached hydrogen (secondary N) is 1. The number of phenolic OH excluding ortho intramolecular Hbond substituents is 2. The van der Waals surface area contributed by atoms with Gasteiger partial charge in [0, 0.05) is 42.2 Å². The van der Waals surface area contributed by atoms with Crippen molar-refractivity contribution >= 4 is 35.5 Å². The van der Waals surface area contributed by atoms with E-state index in [0.717, 1.165) is 5.56 Å². The van der Waals surface area contributed by atoms with E-state index in [9.17, 15) is 20.1 Å². The van der Waals surface area contributed by atoms with Gasteiger partial charge in [0.15, 0.2) is 0 Å². The van der Waals surface area contributed by atoms with Crippen molar-refractivity contribution in [2.75, 3.05) is 6.54 Å². The molecule has 2 aromatic rings. The third-order valence-electron chi connectivity index (χ3n) is 3.43. The summed E-state index contributed by atoms with van der Waals surface area (Å²) in [6.45, 7) is 0.419. The van der Waals surface area contributed by atoms with E-state index in [2.05, 4.69) is 5.32 Å². The molecule has 0 aliphatic rings. The van der Waals surface area contributed by atoms with Gasteiger partial charge >= 0.3 is 5.97 Å². The molecule has 1 radical (unpaired) electrons. The number of aromatic hydroxyl groups is 2. The fraction of sp³-hybridized carbons (Fsp3) is 0.235. The number of hydrogen-bond acceptors (Lipinski definition) is 4. The molecule has 1 atom stereocenters. The van der Waals surface area contributed by atoms with E-state index >= 15 is 0 Å². The van der Waals surface area contributed by atoms with E-state index in [4.69, 9.17) is 0 Å². The van der Waals surface area contributed by atoms with Crippen LogP contribution in [0.15, 0.2) is 48.5 Å². The van der Waals surface area contributed by atoms with E-state index < -0.39 is 12.0 Å². The minimum Gasteiger partial charge on any atom is -0.508 e. The van der Waals surface area contributed by atoms with Crippen LogP contribution in [0.4, 0.5) is 0 Å². The Balaban J connectivity index is 0.00000264. The van der Waals surface area contributed by atoms with E-state index in [1.54, 1.807) is 6.07 Å². The van der Waals surface area contributed by atoms with Gasteiger partial charge in [0.05, 0.1) is 0 Å². The molecule has 0 unspecified atom stereocenters. The second-order valence-electron chi connectivity index (χ2n) is 5.10. The molecule has 0 bridgehead atoms. The third-order valence-corrected chi connectivity index (χ3v) is 3.43. The summed E-state index contributed by atoms with van der Waals surface area (Å²) in [5.74, 6) is -0.891. The number of aliphatic carboxylic acids is 1. The van der Waals surface area contributed by atoms with Gasteiger partial charge in [-0.25, -0.2) is 0 Å². The van der Waals surface area contributed by atoms with Crippen LogP contribution in [0.25, 0.3) is 0 Å². The van der Waals surface area contributed by atoms with Gasteiger partial charge in [0.2, 0.25) is 0 Å². The average molecular weight is 324 g/mol. The molecule has 0 amide bonds. The summed E-state index contributed by atoms with van der Waals surface area (Å²) < 4.78 is 0. The van der Waals surface area contributed by atoms with Crippen molar-refractivity contribution in [1.29, 1.82) is 0 Å². The monoisotopic (exact) mass is 324 g/mol. The minimum atomic E-state index is -0.904. The zero-order chi connectivity index (χ0) is 15.9. The molecule has 0 saturated heterocycles. The van der Waals surface area contributed by atoms with Crippen LogP contribution in [0, 0.1) is 0 Å². The predicted molar refractivity (Wildman–Crippen MR) is 88.8 cm³/mol. The number of carbonyl (C=O) groups is 1. The topological polar surface area (TPSA) is 89.8 Å². The molecule has 6 heteroatoms. The summed E-state index contributed by atoms with van der Waals surface area (Å²) in [5, 5.41) is 31.2. The Hall–Kier alpha value is -1.53. The van der Waals surface area contributed by atoms with Crippen LogP contribution in [-0.4, -0.2) is 63.4 Å². The fourth-order valence-corrected chi connectivity index (χ4v) is 2.24. The number of rotatable bonds is 7. The van der Waals surface area contributed by atoms with E-state index in [-0.39, 0.29) is 41.1 Å². The molecule has 23 heavy (non-hydrogen) atoms. The van der Waals surface area contributed by atoms with Crippen LogP contribution in [0.5, 0.6) is 11.5 Å². The molecule has 5 nitrogen and oxygen atoms in total. The Bertz CT molecular complexity index is 634. The minimum absolute atomic E-state index is 0. The SMILES string of the molecule is O=C(O)[C@H](Cc1ccccc1)NCCc1ccc(O)cc1O.[Na]. The van der Waals surface area contributed by atoms with Crippen molar-refractivity contribution in [3.63, 3.8) is 0 Å². The Labute approximate surface area is 157 Å². The number of carboxylic acids is 1. The summed E-state index contributed by atoms with van der Waals surface area (Å²) in [7, 11) is 0. The summed E-state index contributed by atoms with van der Waals surface area (Å²) in [6.07, 6.45) is 0.877. The van der Waals surface area contributed by atoms with Gasteiger partial charge in [-0.2, -0.15) is 0 Å². The molecule has 0 aliphatic carbocycles. The Morgan fingerprint density at radius 2 is 1.78 bits per heavy atom. The first-order chi connectivity index (χ1) is 10.6. The maximum atomic E-state index is 11.3. The zero-order valence-corrected chi connectivity index (χ0v) is 15.1. The Morgan fingerprint density at radius 1 is 1.09 bits per heavy atom. The van der Waals surface area contributed by atoms with E-state index in [0.29, 0.717) is 24.9 Å². The van der Waals surface area contributed by atoms with Crippen molar-refractivity contribution in [3.8, 4) is 11.5 Å². The van der Waals surface area contributed by atoms with Crippen molar-refractivity contribution in [3.05, 3.63) is 59.7 Å². The second kappa shape index (κ2) is 9.57. The summed E-state index contributed by atoms with van der Waals surface area (Å²) in [5.41, 5.74) is 1.61. The first-order valence-corrected chi connectivity index (χ1v) is 7.07. The fourth-order valence-electron chi connectivity index (χ4n) is 2.24. The largest absolute Gasteiger partial charge is 0.508 e. The summed E-state index contributed by atoms with van der Waals surface area (Å²) in [4.78, 5) is 11.3. The molecule has 4 N–H and O–H groups in total. The summed E-state index contributed by atoms with van der Waals surface area (Å²) >= 11 is 0. The predicted octanol–water partition coefficient (Wildman–Crippen LogP) is 1.54. The van der Waals surface area contributed by atoms with Crippen molar-refractivity contribution in [2.24, 2.45) is 0 Å². The van der Waals surface area contributed by atoms with Crippen LogP contribution >= 0.6 is 0 Å². The molecule has 0 aliphatic heterocycles. The van der Waals surface area contributed by atoms with Crippen LogP contribution in [0.2, 0.25) is 0 Å². The first kappa shape index (κ1) is 19.5. The molecule has 0 fully saturated rings. The second-order valence-corrected chi connectivity index (χ2v) is 5.10. The molecule has 0 saturated carbocycles. The van der Waals surface area contributed by atoms with Gasteiger partial charge in [0.25, 0.3) is 0 Å². The number of hydrogen-bond donors (Lipinski definition) is 4. The molecule has 0 heterocycles. The molecule has 0 spiro atoms. The zero-order valence-electron chi connectivity index (χ0n) is 13.1. The van der Waals surface area contributed by atoms with Crippen LogP contribution in [-0.2, 0) is 17.6 Å². The van der Waals surface area contributed by atoms with Crippen LogP contribution < -0.4 is 5.32 Å². The maximum Gasteiger partial charge on any atom is 0.321 e. The normalized spacial score (nSPS) is 11.5. The van der Waals surface area contributed by atoms with Gasteiger partial charge in [-0.3, -0.25) is 4.79 Å². The van der Waals surface area contributed by atoms with Crippen molar-refractivity contribution < 1.29 is 20.1 Å². The molecule has 0 aromatic heterocycles. The number of phenols is 2. The van der Waals surface area contributed by atoms with Gasteiger partial charge in [-0.1, -0.05) is 36.4 Å². The van der Waals surface area contributed by atoms with Gasteiger partial charge in [-0.15, -0.1) is 0 Å². The standard InChI is InChI=1S/C17H19NO4.Na/c19-14-7-6-13(16(20)11-14)8-9-18-15(17(21)22)10-12-4-2-1-3-5-12;/h1-7,11,15,18-20H,8-10H2,(H,21,22);/t15-;/m0./s1. The average Bonchev–Trinajstić information content (AvgIpc) is 2.49. The number of carboxylic acid groups (broad SMARTS) is 1. The molecule has 117 valence electrons. The third kappa shape index (κ3) is 6.23. The van der Waals surface area contributed by atoms with Crippen LogP contribution in [0.3, 0.4) is 0 Å². The molecular formula is C17H19NNaO4. The van der Waals surface area contributed by atoms with Crippen LogP contribution in [0.1, 0.15) is 11.1 Å². The quantitative estimate of drug-likeness (QED) is 0.580. The Kier molecular flexibility index (Phi) is 8.12. The Morgan fingerprint density at radius 3 is 2.39 bits per heavy atom. The molecular weight excluding hydrogens is 305 g/mol. The van der Waals surface area contributed by atoms with Gasteiger partial charge in [-0.05, 0) is 30.0 Å². The molecule has 2 rings (SSSR count). The van der Waals surface area contributed by atoms with Gasteiger partial charge < -0.3 is 20.6 Å². The van der Waals surface area contributed by atoms with E-state index in [1.165, 1.54) is 12.1 Å². The van der Waals surface area contributed by atoms with Crippen molar-refractivity contribution in [1.82, 2.24) is 5.32 Å².